The van der Waals surface area contributed by atoms with E-state index in [4.69, 9.17) is 4.74 Å². The fourth-order valence-corrected chi connectivity index (χ4v) is 3.49. The Morgan fingerprint density at radius 2 is 2.12 bits per heavy atom. The van der Waals surface area contributed by atoms with Gasteiger partial charge in [-0.05, 0) is 39.0 Å². The lowest BCUT2D eigenvalue weighted by Gasteiger charge is -2.10. The molecular formula is C12H9Br2FOS. The van der Waals surface area contributed by atoms with E-state index in [0.717, 1.165) is 9.35 Å². The summed E-state index contributed by atoms with van der Waals surface area (Å²) in [6.45, 7) is 0. The standard InChI is InChI=1S/C12H9Br2FOS/c1-16-8-2-3-9(10(15)5-8)12(14)7-4-11(13)17-6-7/h2-6,12H,1H3. The number of hydrogen-bond acceptors (Lipinski definition) is 2. The van der Waals surface area contributed by atoms with Crippen molar-refractivity contribution >= 4 is 43.2 Å². The van der Waals surface area contributed by atoms with Crippen LogP contribution in [0.5, 0.6) is 5.75 Å². The molecule has 1 aromatic carbocycles. The number of thiophene rings is 1. The minimum atomic E-state index is -0.270. The van der Waals surface area contributed by atoms with Gasteiger partial charge in [-0.2, -0.15) is 0 Å². The van der Waals surface area contributed by atoms with E-state index >= 15 is 0 Å². The molecule has 17 heavy (non-hydrogen) atoms. The second-order valence-corrected chi connectivity index (χ2v) is 6.64. The Hall–Kier alpha value is -0.390. The molecule has 1 heterocycles. The largest absolute Gasteiger partial charge is 0.497 e. The van der Waals surface area contributed by atoms with Gasteiger partial charge >= 0.3 is 0 Å². The lowest BCUT2D eigenvalue weighted by Crippen LogP contribution is -1.96. The molecule has 0 aliphatic heterocycles. The number of ether oxygens (including phenoxy) is 1. The molecule has 2 aromatic rings. The normalized spacial score (nSPS) is 12.5. The summed E-state index contributed by atoms with van der Waals surface area (Å²) in [5, 5.41) is 1.99. The highest BCUT2D eigenvalue weighted by Crippen LogP contribution is 2.37. The quantitative estimate of drug-likeness (QED) is 0.670. The minimum Gasteiger partial charge on any atom is -0.497 e. The summed E-state index contributed by atoms with van der Waals surface area (Å²) < 4.78 is 19.9. The zero-order chi connectivity index (χ0) is 12.4. The first-order valence-electron chi connectivity index (χ1n) is 4.83. The number of methoxy groups -OCH3 is 1. The first kappa shape index (κ1) is 13.1. The van der Waals surface area contributed by atoms with Gasteiger partial charge in [-0.15, -0.1) is 11.3 Å². The summed E-state index contributed by atoms with van der Waals surface area (Å²) in [5.41, 5.74) is 1.64. The maximum Gasteiger partial charge on any atom is 0.131 e. The van der Waals surface area contributed by atoms with Crippen LogP contribution in [0.2, 0.25) is 0 Å². The molecule has 0 spiro atoms. The number of halogens is 3. The molecule has 0 saturated carbocycles. The van der Waals surface area contributed by atoms with Crippen molar-refractivity contribution in [3.8, 4) is 5.75 Å². The van der Waals surface area contributed by atoms with E-state index in [2.05, 4.69) is 31.9 Å². The van der Waals surface area contributed by atoms with E-state index in [1.807, 2.05) is 11.4 Å². The van der Waals surface area contributed by atoms with Crippen LogP contribution in [0.4, 0.5) is 4.39 Å². The lowest BCUT2D eigenvalue weighted by atomic mass is 10.1. The topological polar surface area (TPSA) is 9.23 Å². The van der Waals surface area contributed by atoms with Gasteiger partial charge < -0.3 is 4.74 Å². The van der Waals surface area contributed by atoms with E-state index in [1.165, 1.54) is 13.2 Å². The van der Waals surface area contributed by atoms with E-state index in [-0.39, 0.29) is 10.6 Å². The molecule has 1 nitrogen and oxygen atoms in total. The van der Waals surface area contributed by atoms with Gasteiger partial charge in [0, 0.05) is 11.6 Å². The third-order valence-corrected chi connectivity index (χ3v) is 4.91. The van der Waals surface area contributed by atoms with Gasteiger partial charge in [0.15, 0.2) is 0 Å². The summed E-state index contributed by atoms with van der Waals surface area (Å²) in [6, 6.07) is 6.87. The molecule has 0 fully saturated rings. The van der Waals surface area contributed by atoms with Crippen LogP contribution >= 0.6 is 43.2 Å². The summed E-state index contributed by atoms with van der Waals surface area (Å²) in [5.74, 6) is 0.256. The van der Waals surface area contributed by atoms with Crippen molar-refractivity contribution in [2.75, 3.05) is 7.11 Å². The molecule has 1 atom stereocenters. The highest BCUT2D eigenvalue weighted by Gasteiger charge is 2.16. The van der Waals surface area contributed by atoms with E-state index in [1.54, 1.807) is 23.5 Å². The van der Waals surface area contributed by atoms with Gasteiger partial charge in [0.1, 0.15) is 11.6 Å². The van der Waals surface area contributed by atoms with Crippen LogP contribution in [-0.4, -0.2) is 7.11 Å². The fourth-order valence-electron chi connectivity index (χ4n) is 1.48. The van der Waals surface area contributed by atoms with Crippen molar-refractivity contribution in [2.24, 2.45) is 0 Å². The maximum absolute atomic E-state index is 13.9. The molecule has 0 aliphatic carbocycles. The van der Waals surface area contributed by atoms with Crippen molar-refractivity contribution in [3.63, 3.8) is 0 Å². The van der Waals surface area contributed by atoms with Gasteiger partial charge in [-0.1, -0.05) is 22.0 Å². The summed E-state index contributed by atoms with van der Waals surface area (Å²) in [6.07, 6.45) is 0. The van der Waals surface area contributed by atoms with Crippen molar-refractivity contribution in [2.45, 2.75) is 4.83 Å². The second-order valence-electron chi connectivity index (χ2n) is 3.43. The average Bonchev–Trinajstić information content (AvgIpc) is 2.75. The maximum atomic E-state index is 13.9. The van der Waals surface area contributed by atoms with Crippen LogP contribution in [0.15, 0.2) is 33.4 Å². The average molecular weight is 380 g/mol. The zero-order valence-corrected chi connectivity index (χ0v) is 12.9. The predicted octanol–water partition coefficient (Wildman–Crippen LogP) is 5.14. The lowest BCUT2D eigenvalue weighted by molar-refractivity contribution is 0.411. The molecule has 1 unspecified atom stereocenters. The van der Waals surface area contributed by atoms with Crippen LogP contribution < -0.4 is 4.74 Å². The van der Waals surface area contributed by atoms with E-state index in [9.17, 15) is 4.39 Å². The highest BCUT2D eigenvalue weighted by atomic mass is 79.9. The molecule has 90 valence electrons. The smallest absolute Gasteiger partial charge is 0.131 e. The molecule has 0 aliphatic rings. The molecule has 0 saturated heterocycles. The Morgan fingerprint density at radius 3 is 2.65 bits per heavy atom. The SMILES string of the molecule is COc1ccc(C(Br)c2csc(Br)c2)c(F)c1. The monoisotopic (exact) mass is 378 g/mol. The molecule has 0 radical (unpaired) electrons. The van der Waals surface area contributed by atoms with Crippen molar-refractivity contribution in [1.82, 2.24) is 0 Å². The summed E-state index contributed by atoms with van der Waals surface area (Å²) in [4.78, 5) is -0.143. The van der Waals surface area contributed by atoms with Crippen molar-refractivity contribution in [1.29, 1.82) is 0 Å². The van der Waals surface area contributed by atoms with Crippen LogP contribution in [0.1, 0.15) is 16.0 Å². The fraction of sp³-hybridized carbons (Fsp3) is 0.167. The third-order valence-electron chi connectivity index (χ3n) is 2.36. The van der Waals surface area contributed by atoms with Gasteiger partial charge in [-0.25, -0.2) is 4.39 Å². The summed E-state index contributed by atoms with van der Waals surface area (Å²) >= 11 is 8.49. The highest BCUT2D eigenvalue weighted by molar-refractivity contribution is 9.11. The van der Waals surface area contributed by atoms with Crippen molar-refractivity contribution < 1.29 is 9.13 Å². The van der Waals surface area contributed by atoms with Crippen molar-refractivity contribution in [3.05, 3.63) is 50.4 Å². The van der Waals surface area contributed by atoms with E-state index in [0.29, 0.717) is 11.3 Å². The second kappa shape index (κ2) is 5.50. The molecule has 1 aromatic heterocycles. The Kier molecular flexibility index (Phi) is 4.22. The van der Waals surface area contributed by atoms with Crippen LogP contribution in [0, 0.1) is 5.82 Å². The number of hydrogen-bond donors (Lipinski definition) is 0. The summed E-state index contributed by atoms with van der Waals surface area (Å²) in [7, 11) is 1.52. The van der Waals surface area contributed by atoms with Gasteiger partial charge in [0.2, 0.25) is 0 Å². The Bertz CT molecular complexity index is 527. The van der Waals surface area contributed by atoms with Gasteiger partial charge in [0.05, 0.1) is 15.7 Å². The van der Waals surface area contributed by atoms with Crippen LogP contribution in [0.3, 0.4) is 0 Å². The predicted molar refractivity (Wildman–Crippen MR) is 75.7 cm³/mol. The number of benzene rings is 1. The Morgan fingerprint density at radius 1 is 1.35 bits per heavy atom. The van der Waals surface area contributed by atoms with Gasteiger partial charge in [-0.3, -0.25) is 0 Å². The Labute approximate surface area is 120 Å². The first-order valence-corrected chi connectivity index (χ1v) is 7.42. The van der Waals surface area contributed by atoms with E-state index < -0.39 is 0 Å². The molecule has 5 heteroatoms. The number of rotatable bonds is 3. The Balaban J connectivity index is 2.34. The number of alkyl halides is 1. The zero-order valence-electron chi connectivity index (χ0n) is 8.91. The molecule has 0 N–H and O–H groups in total. The van der Waals surface area contributed by atoms with Crippen LogP contribution in [-0.2, 0) is 0 Å². The molecular weight excluding hydrogens is 371 g/mol. The van der Waals surface area contributed by atoms with Crippen LogP contribution in [0.25, 0.3) is 0 Å². The molecule has 0 bridgehead atoms. The minimum absolute atomic E-state index is 0.143. The first-order chi connectivity index (χ1) is 8.11. The molecule has 0 amide bonds. The molecule has 2 rings (SSSR count). The van der Waals surface area contributed by atoms with Gasteiger partial charge in [0.25, 0.3) is 0 Å². The third kappa shape index (κ3) is 2.89.